The molecule has 3 rings (SSSR count). The second-order valence-corrected chi connectivity index (χ2v) is 7.38. The van der Waals surface area contributed by atoms with Crippen LogP contribution in [-0.4, -0.2) is 59.8 Å². The van der Waals surface area contributed by atoms with Crippen LogP contribution in [-0.2, 0) is 20.7 Å². The second-order valence-electron chi connectivity index (χ2n) is 7.38. The molecule has 1 fully saturated rings. The van der Waals surface area contributed by atoms with Crippen LogP contribution in [0.5, 0.6) is 5.75 Å². The summed E-state index contributed by atoms with van der Waals surface area (Å²) in [6.07, 6.45) is 0.863. The fourth-order valence-corrected chi connectivity index (χ4v) is 3.75. The summed E-state index contributed by atoms with van der Waals surface area (Å²) in [5.74, 6) is -0.996. The Bertz CT molecular complexity index is 965. The number of carbonyl (C=O) groups excluding carboxylic acids is 2. The van der Waals surface area contributed by atoms with E-state index in [9.17, 15) is 14.7 Å². The molecule has 0 saturated carbocycles. The Balaban J connectivity index is 2.02. The van der Waals surface area contributed by atoms with Crippen molar-refractivity contribution in [2.75, 3.05) is 33.0 Å². The van der Waals surface area contributed by atoms with E-state index in [2.05, 4.69) is 0 Å². The van der Waals surface area contributed by atoms with Crippen molar-refractivity contribution in [3.63, 3.8) is 0 Å². The summed E-state index contributed by atoms with van der Waals surface area (Å²) in [6, 6.07) is 13.7. The molecule has 2 aromatic rings. The van der Waals surface area contributed by atoms with Gasteiger partial charge in [0.05, 0.1) is 38.0 Å². The Kier molecular flexibility index (Phi) is 8.03. The zero-order valence-electron chi connectivity index (χ0n) is 18.4. The summed E-state index contributed by atoms with van der Waals surface area (Å²) < 4.78 is 10.8. The first-order valence-corrected chi connectivity index (χ1v) is 10.8. The Labute approximate surface area is 187 Å². The molecule has 0 bridgehead atoms. The molecule has 7 nitrogen and oxygen atoms in total. The number of Topliss-reactive ketones (excluding diaryl/α,β-unsaturated/α-hetero) is 1. The highest BCUT2D eigenvalue weighted by atomic mass is 16.5. The van der Waals surface area contributed by atoms with Gasteiger partial charge in [0.2, 0.25) is 0 Å². The first kappa shape index (κ1) is 23.5. The molecule has 1 saturated heterocycles. The van der Waals surface area contributed by atoms with Crippen molar-refractivity contribution in [1.29, 1.82) is 0 Å². The van der Waals surface area contributed by atoms with Crippen molar-refractivity contribution >= 4 is 17.4 Å². The van der Waals surface area contributed by atoms with Crippen LogP contribution in [0.15, 0.2) is 54.1 Å². The van der Waals surface area contributed by atoms with Crippen LogP contribution in [0.2, 0.25) is 0 Å². The topological polar surface area (TPSA) is 96.3 Å². The highest BCUT2D eigenvalue weighted by Gasteiger charge is 2.45. The summed E-state index contributed by atoms with van der Waals surface area (Å²) in [7, 11) is 0. The molecule has 0 spiro atoms. The van der Waals surface area contributed by atoms with Gasteiger partial charge in [0, 0.05) is 12.1 Å². The molecule has 1 heterocycles. The van der Waals surface area contributed by atoms with Crippen LogP contribution in [0.4, 0.5) is 0 Å². The molecule has 2 aromatic carbocycles. The molecule has 1 amide bonds. The third-order valence-corrected chi connectivity index (χ3v) is 5.39. The second kappa shape index (κ2) is 10.9. The third-order valence-electron chi connectivity index (χ3n) is 5.39. The fourth-order valence-electron chi connectivity index (χ4n) is 3.75. The quantitative estimate of drug-likeness (QED) is 0.256. The largest absolute Gasteiger partial charge is 0.507 e. The predicted octanol–water partition coefficient (Wildman–Crippen LogP) is 3.08. The lowest BCUT2D eigenvalue weighted by molar-refractivity contribution is -0.140. The molecular formula is C25H29NO6. The van der Waals surface area contributed by atoms with Gasteiger partial charge in [-0.3, -0.25) is 9.59 Å². The monoisotopic (exact) mass is 439 g/mol. The van der Waals surface area contributed by atoms with E-state index in [4.69, 9.17) is 14.6 Å². The van der Waals surface area contributed by atoms with E-state index in [1.165, 1.54) is 4.90 Å². The van der Waals surface area contributed by atoms with Crippen LogP contribution >= 0.6 is 0 Å². The third kappa shape index (κ3) is 5.00. The van der Waals surface area contributed by atoms with E-state index >= 15 is 0 Å². The highest BCUT2D eigenvalue weighted by Crippen LogP contribution is 2.39. The van der Waals surface area contributed by atoms with Gasteiger partial charge in [-0.15, -0.1) is 0 Å². The first-order chi connectivity index (χ1) is 15.5. The summed E-state index contributed by atoms with van der Waals surface area (Å²) in [4.78, 5) is 27.3. The van der Waals surface area contributed by atoms with Crippen LogP contribution in [0.1, 0.15) is 36.6 Å². The van der Waals surface area contributed by atoms with Crippen LogP contribution in [0.3, 0.4) is 0 Å². The van der Waals surface area contributed by atoms with E-state index < -0.39 is 17.7 Å². The minimum Gasteiger partial charge on any atom is -0.507 e. The van der Waals surface area contributed by atoms with Crippen molar-refractivity contribution in [1.82, 2.24) is 4.90 Å². The fraction of sp³-hybridized carbons (Fsp3) is 0.360. The number of amides is 1. The molecule has 2 N–H and O–H groups in total. The van der Waals surface area contributed by atoms with Crippen molar-refractivity contribution < 1.29 is 29.3 Å². The van der Waals surface area contributed by atoms with Gasteiger partial charge in [-0.1, -0.05) is 31.2 Å². The SMILES string of the molecule is CCOc1ccc(C(O)=C2C(=O)C(=O)N(CCOCCO)[C@@H]2c2ccc(CC)cc2)cc1. The van der Waals surface area contributed by atoms with Crippen molar-refractivity contribution in [3.05, 3.63) is 70.8 Å². The minimum absolute atomic E-state index is 0.0468. The van der Waals surface area contributed by atoms with Crippen molar-refractivity contribution in [3.8, 4) is 5.75 Å². The molecular weight excluding hydrogens is 410 g/mol. The zero-order chi connectivity index (χ0) is 23.1. The van der Waals surface area contributed by atoms with Gasteiger partial charge in [0.15, 0.2) is 0 Å². The molecule has 0 radical (unpaired) electrons. The van der Waals surface area contributed by atoms with Gasteiger partial charge in [-0.25, -0.2) is 0 Å². The van der Waals surface area contributed by atoms with Gasteiger partial charge in [-0.2, -0.15) is 0 Å². The van der Waals surface area contributed by atoms with E-state index in [1.54, 1.807) is 24.3 Å². The number of ketones is 1. The normalized spacial score (nSPS) is 17.7. The number of likely N-dealkylation sites (tertiary alicyclic amines) is 1. The predicted molar refractivity (Wildman–Crippen MR) is 120 cm³/mol. The number of aliphatic hydroxyl groups is 2. The lowest BCUT2D eigenvalue weighted by Crippen LogP contribution is -2.33. The number of nitrogens with zero attached hydrogens (tertiary/aromatic N) is 1. The number of benzene rings is 2. The van der Waals surface area contributed by atoms with Gasteiger partial charge in [-0.05, 0) is 48.7 Å². The smallest absolute Gasteiger partial charge is 0.295 e. The average molecular weight is 440 g/mol. The number of hydrogen-bond acceptors (Lipinski definition) is 6. The van der Waals surface area contributed by atoms with Crippen molar-refractivity contribution in [2.45, 2.75) is 26.3 Å². The maximum Gasteiger partial charge on any atom is 0.295 e. The molecule has 7 heteroatoms. The molecule has 1 atom stereocenters. The zero-order valence-corrected chi connectivity index (χ0v) is 18.4. The molecule has 0 aliphatic carbocycles. The van der Waals surface area contributed by atoms with Gasteiger partial charge >= 0.3 is 0 Å². The summed E-state index contributed by atoms with van der Waals surface area (Å²) >= 11 is 0. The number of hydrogen-bond donors (Lipinski definition) is 2. The molecule has 1 aliphatic rings. The van der Waals surface area contributed by atoms with Crippen molar-refractivity contribution in [2.24, 2.45) is 0 Å². The number of aryl methyl sites for hydroxylation is 1. The number of carbonyl (C=O) groups is 2. The van der Waals surface area contributed by atoms with E-state index in [0.29, 0.717) is 17.9 Å². The Morgan fingerprint density at radius 2 is 1.69 bits per heavy atom. The molecule has 0 unspecified atom stereocenters. The van der Waals surface area contributed by atoms with E-state index in [1.807, 2.05) is 38.1 Å². The number of ether oxygens (including phenoxy) is 2. The maximum atomic E-state index is 13.0. The lowest BCUT2D eigenvalue weighted by Gasteiger charge is -2.25. The van der Waals surface area contributed by atoms with Crippen LogP contribution < -0.4 is 4.74 Å². The first-order valence-electron chi connectivity index (χ1n) is 10.8. The number of aliphatic hydroxyl groups excluding tert-OH is 2. The van der Waals surface area contributed by atoms with Gasteiger partial charge < -0.3 is 24.6 Å². The number of rotatable bonds is 10. The average Bonchev–Trinajstić information content (AvgIpc) is 3.07. The highest BCUT2D eigenvalue weighted by molar-refractivity contribution is 6.46. The maximum absolute atomic E-state index is 13.0. The lowest BCUT2D eigenvalue weighted by atomic mass is 9.94. The Hall–Kier alpha value is -3.16. The standard InChI is InChI=1S/C25H29NO6/c1-3-17-5-7-18(8-6-17)22-21(23(28)19-9-11-20(12-10-19)32-4-2)24(29)25(30)26(22)13-15-31-16-14-27/h5-12,22,27-28H,3-4,13-16H2,1-2H3/t22-/m1/s1. The Morgan fingerprint density at radius 1 is 1.00 bits per heavy atom. The summed E-state index contributed by atoms with van der Waals surface area (Å²) in [5, 5.41) is 20.0. The molecule has 170 valence electrons. The van der Waals surface area contributed by atoms with E-state index in [-0.39, 0.29) is 37.7 Å². The summed E-state index contributed by atoms with van der Waals surface area (Å²) in [6.45, 7) is 4.78. The molecule has 0 aromatic heterocycles. The van der Waals surface area contributed by atoms with E-state index in [0.717, 1.165) is 17.5 Å². The van der Waals surface area contributed by atoms with Gasteiger partial charge in [0.25, 0.3) is 11.7 Å². The van der Waals surface area contributed by atoms with Crippen LogP contribution in [0.25, 0.3) is 5.76 Å². The molecule has 1 aliphatic heterocycles. The van der Waals surface area contributed by atoms with Crippen LogP contribution in [0, 0.1) is 0 Å². The Morgan fingerprint density at radius 3 is 2.28 bits per heavy atom. The van der Waals surface area contributed by atoms with Gasteiger partial charge in [0.1, 0.15) is 11.5 Å². The minimum atomic E-state index is -0.733. The summed E-state index contributed by atoms with van der Waals surface area (Å²) in [5.41, 5.74) is 2.34. The molecule has 32 heavy (non-hydrogen) atoms.